The number of carboxylic acids is 1. The van der Waals surface area contributed by atoms with Gasteiger partial charge in [0.05, 0.1) is 17.8 Å². The van der Waals surface area contributed by atoms with Crippen LogP contribution in [0.2, 0.25) is 0 Å². The van der Waals surface area contributed by atoms with Gasteiger partial charge < -0.3 is 10.0 Å². The number of rotatable bonds is 3. The van der Waals surface area contributed by atoms with E-state index in [9.17, 15) is 22.8 Å². The molecule has 120 valence electrons. The largest absolute Gasteiger partial charge is 0.481 e. The van der Waals surface area contributed by atoms with Crippen molar-refractivity contribution in [2.75, 3.05) is 13.1 Å². The summed E-state index contributed by atoms with van der Waals surface area (Å²) in [5, 5.41) is 8.96. The first kappa shape index (κ1) is 16.3. The molecule has 7 heteroatoms. The summed E-state index contributed by atoms with van der Waals surface area (Å²) in [6.07, 6.45) is -4.63. The topological polar surface area (TPSA) is 57.6 Å². The summed E-state index contributed by atoms with van der Waals surface area (Å²) < 4.78 is 38.8. The van der Waals surface area contributed by atoms with Crippen molar-refractivity contribution in [3.8, 4) is 0 Å². The predicted molar refractivity (Wildman–Crippen MR) is 72.1 cm³/mol. The number of benzene rings is 1. The molecule has 0 radical (unpaired) electrons. The zero-order valence-corrected chi connectivity index (χ0v) is 11.9. The summed E-state index contributed by atoms with van der Waals surface area (Å²) in [4.78, 5) is 24.4. The van der Waals surface area contributed by atoms with Crippen LogP contribution in [0, 0.1) is 11.8 Å². The lowest BCUT2D eigenvalue weighted by Crippen LogP contribution is -2.34. The predicted octanol–water partition coefficient (Wildman–Crippen LogP) is 2.51. The Morgan fingerprint density at radius 3 is 2.27 bits per heavy atom. The summed E-state index contributed by atoms with van der Waals surface area (Å²) in [6.45, 7) is 0.598. The molecule has 4 nitrogen and oxygen atoms in total. The maximum atomic E-state index is 12.9. The van der Waals surface area contributed by atoms with Gasteiger partial charge in [0.2, 0.25) is 5.91 Å². The molecule has 22 heavy (non-hydrogen) atoms. The minimum Gasteiger partial charge on any atom is -0.481 e. The van der Waals surface area contributed by atoms with Gasteiger partial charge in [0.15, 0.2) is 0 Å². The number of alkyl halides is 3. The van der Waals surface area contributed by atoms with Crippen LogP contribution in [0.25, 0.3) is 0 Å². The summed E-state index contributed by atoms with van der Waals surface area (Å²) in [7, 11) is 0. The number of aliphatic carboxylic acids is 1. The van der Waals surface area contributed by atoms with E-state index in [-0.39, 0.29) is 0 Å². The highest BCUT2D eigenvalue weighted by molar-refractivity contribution is 5.84. The van der Waals surface area contributed by atoms with Crippen molar-refractivity contribution in [1.29, 1.82) is 0 Å². The second-order valence-corrected chi connectivity index (χ2v) is 5.47. The fraction of sp³-hybridized carbons (Fsp3) is 0.467. The summed E-state index contributed by atoms with van der Waals surface area (Å²) in [5.74, 6) is -6.24. The molecule has 0 spiro atoms. The number of carboxylic acid groups (broad SMARTS) is 1. The van der Waals surface area contributed by atoms with Crippen LogP contribution in [-0.2, 0) is 9.59 Å². The van der Waals surface area contributed by atoms with Crippen LogP contribution in [-0.4, -0.2) is 41.1 Å². The number of carbonyl (C=O) groups excluding carboxylic acids is 1. The second-order valence-electron chi connectivity index (χ2n) is 5.47. The van der Waals surface area contributed by atoms with Gasteiger partial charge in [0.1, 0.15) is 0 Å². The van der Waals surface area contributed by atoms with E-state index in [1.165, 1.54) is 0 Å². The highest BCUT2D eigenvalue weighted by Gasteiger charge is 2.53. The molecule has 0 bridgehead atoms. The average Bonchev–Trinajstić information content (AvgIpc) is 2.92. The van der Waals surface area contributed by atoms with E-state index in [1.54, 1.807) is 37.3 Å². The van der Waals surface area contributed by atoms with Crippen LogP contribution >= 0.6 is 0 Å². The smallest absolute Gasteiger partial charge is 0.394 e. The first-order valence-corrected chi connectivity index (χ1v) is 6.85. The number of hydrogen-bond donors (Lipinski definition) is 1. The molecule has 2 rings (SSSR count). The number of carbonyl (C=O) groups is 2. The molecule has 1 aromatic carbocycles. The molecule has 1 unspecified atom stereocenters. The monoisotopic (exact) mass is 315 g/mol. The zero-order chi connectivity index (χ0) is 16.5. The van der Waals surface area contributed by atoms with Crippen molar-refractivity contribution >= 4 is 11.9 Å². The molecule has 1 N–H and O–H groups in total. The Balaban J connectivity index is 2.16. The van der Waals surface area contributed by atoms with Crippen molar-refractivity contribution in [3.63, 3.8) is 0 Å². The van der Waals surface area contributed by atoms with Crippen LogP contribution in [0.3, 0.4) is 0 Å². The molecule has 3 atom stereocenters. The first-order chi connectivity index (χ1) is 10.2. The molecular weight excluding hydrogens is 299 g/mol. The fourth-order valence-corrected chi connectivity index (χ4v) is 2.72. The minimum absolute atomic E-state index is 0.407. The lowest BCUT2D eigenvalue weighted by molar-refractivity contribution is -0.188. The normalized spacial score (nSPS) is 23.4. The number of hydrogen-bond acceptors (Lipinski definition) is 2. The third-order valence-electron chi connectivity index (χ3n) is 4.04. The number of likely N-dealkylation sites (tertiary alicyclic amines) is 1. The van der Waals surface area contributed by atoms with Gasteiger partial charge in [-0.05, 0) is 12.5 Å². The van der Waals surface area contributed by atoms with Gasteiger partial charge in [-0.15, -0.1) is 0 Å². The van der Waals surface area contributed by atoms with Gasteiger partial charge in [-0.2, -0.15) is 13.2 Å². The first-order valence-electron chi connectivity index (χ1n) is 6.85. The standard InChI is InChI=1S/C15H16F3NO3/c1-9(10-5-3-2-4-6-10)13(20)19-7-11(14(21)22)12(8-19)15(16,17)18/h2-6,9,11-12H,7-8H2,1H3,(H,21,22)/t9?,11-,12-/m1/s1. The van der Waals surface area contributed by atoms with Gasteiger partial charge >= 0.3 is 12.1 Å². The zero-order valence-electron chi connectivity index (χ0n) is 11.9. The van der Waals surface area contributed by atoms with Gasteiger partial charge in [-0.3, -0.25) is 9.59 Å². The molecule has 1 saturated heterocycles. The fourth-order valence-electron chi connectivity index (χ4n) is 2.72. The van der Waals surface area contributed by atoms with E-state index in [4.69, 9.17) is 5.11 Å². The van der Waals surface area contributed by atoms with Crippen LogP contribution < -0.4 is 0 Å². The summed E-state index contributed by atoms with van der Waals surface area (Å²) in [6, 6.07) is 8.68. The van der Waals surface area contributed by atoms with Crippen molar-refractivity contribution in [2.45, 2.75) is 19.0 Å². The Labute approximate surface area is 125 Å². The number of halogens is 3. The van der Waals surface area contributed by atoms with E-state index < -0.39 is 48.9 Å². The molecule has 1 fully saturated rings. The van der Waals surface area contributed by atoms with Gasteiger partial charge in [0, 0.05) is 13.1 Å². The molecule has 1 aliphatic heterocycles. The maximum Gasteiger partial charge on any atom is 0.394 e. The van der Waals surface area contributed by atoms with Crippen molar-refractivity contribution in [1.82, 2.24) is 4.90 Å². The lowest BCUT2D eigenvalue weighted by Gasteiger charge is -2.21. The van der Waals surface area contributed by atoms with E-state index in [1.807, 2.05) is 0 Å². The quantitative estimate of drug-likeness (QED) is 0.932. The third-order valence-corrected chi connectivity index (χ3v) is 4.04. The summed E-state index contributed by atoms with van der Waals surface area (Å²) >= 11 is 0. The van der Waals surface area contributed by atoms with Crippen LogP contribution in [0.5, 0.6) is 0 Å². The number of amides is 1. The van der Waals surface area contributed by atoms with E-state index in [0.29, 0.717) is 5.56 Å². The van der Waals surface area contributed by atoms with Crippen molar-refractivity contribution in [2.24, 2.45) is 11.8 Å². The Kier molecular flexibility index (Phi) is 4.44. The van der Waals surface area contributed by atoms with Crippen molar-refractivity contribution < 1.29 is 27.9 Å². The Morgan fingerprint density at radius 2 is 1.82 bits per heavy atom. The number of nitrogens with zero attached hydrogens (tertiary/aromatic N) is 1. The maximum absolute atomic E-state index is 12.9. The van der Waals surface area contributed by atoms with Crippen LogP contribution in [0.15, 0.2) is 30.3 Å². The lowest BCUT2D eigenvalue weighted by atomic mass is 9.96. The second kappa shape index (κ2) is 5.98. The third kappa shape index (κ3) is 3.23. The highest BCUT2D eigenvalue weighted by atomic mass is 19.4. The molecule has 0 saturated carbocycles. The van der Waals surface area contributed by atoms with Gasteiger partial charge in [-0.1, -0.05) is 30.3 Å². The van der Waals surface area contributed by atoms with Gasteiger partial charge in [0.25, 0.3) is 0 Å². The molecule has 1 aliphatic rings. The van der Waals surface area contributed by atoms with Gasteiger partial charge in [-0.25, -0.2) is 0 Å². The molecule has 1 amide bonds. The molecule has 0 aromatic heterocycles. The molecule has 1 aromatic rings. The van der Waals surface area contributed by atoms with Crippen molar-refractivity contribution in [3.05, 3.63) is 35.9 Å². The summed E-state index contributed by atoms with van der Waals surface area (Å²) in [5.41, 5.74) is 0.690. The van der Waals surface area contributed by atoms with E-state index >= 15 is 0 Å². The molecule has 0 aliphatic carbocycles. The Bertz CT molecular complexity index is 559. The van der Waals surface area contributed by atoms with E-state index in [2.05, 4.69) is 0 Å². The highest BCUT2D eigenvalue weighted by Crippen LogP contribution is 2.38. The van der Waals surface area contributed by atoms with Crippen LogP contribution in [0.1, 0.15) is 18.4 Å². The average molecular weight is 315 g/mol. The molecule has 1 heterocycles. The van der Waals surface area contributed by atoms with E-state index in [0.717, 1.165) is 4.90 Å². The Hall–Kier alpha value is -2.05. The Morgan fingerprint density at radius 1 is 1.23 bits per heavy atom. The van der Waals surface area contributed by atoms with Crippen LogP contribution in [0.4, 0.5) is 13.2 Å². The SMILES string of the molecule is CC(C(=O)N1C[C@@H](C(F)(F)F)[C@H](C(=O)O)C1)c1ccccc1. The minimum atomic E-state index is -4.63. The molecular formula is C15H16F3NO3.